The van der Waals surface area contributed by atoms with Crippen LogP contribution in [0.4, 0.5) is 0 Å². The Kier molecular flexibility index (Phi) is 4.67. The highest BCUT2D eigenvalue weighted by atomic mass is 16.5. The third kappa shape index (κ3) is 2.71. The lowest BCUT2D eigenvalue weighted by Crippen LogP contribution is -2.30. The fraction of sp³-hybridized carbons (Fsp3) is 0.812. The molecule has 1 aliphatic heterocycles. The van der Waals surface area contributed by atoms with Gasteiger partial charge in [-0.1, -0.05) is 26.7 Å². The average molecular weight is 266 g/mol. The van der Waals surface area contributed by atoms with Gasteiger partial charge in [0.2, 0.25) is 0 Å². The average Bonchev–Trinajstić information content (AvgIpc) is 2.95. The number of hydrogen-bond acceptors (Lipinski definition) is 3. The molecular formula is C16H26O3. The summed E-state index contributed by atoms with van der Waals surface area (Å²) in [7, 11) is 0. The van der Waals surface area contributed by atoms with E-state index in [0.29, 0.717) is 13.0 Å². The van der Waals surface area contributed by atoms with E-state index in [9.17, 15) is 4.79 Å². The summed E-state index contributed by atoms with van der Waals surface area (Å²) < 4.78 is 11.4. The van der Waals surface area contributed by atoms with Crippen molar-refractivity contribution in [2.45, 2.75) is 77.4 Å². The van der Waals surface area contributed by atoms with Gasteiger partial charge in [-0.05, 0) is 43.8 Å². The molecule has 1 atom stereocenters. The van der Waals surface area contributed by atoms with Gasteiger partial charge in [-0.3, -0.25) is 4.79 Å². The molecule has 0 N–H and O–H groups in total. The van der Waals surface area contributed by atoms with Gasteiger partial charge in [-0.25, -0.2) is 0 Å². The van der Waals surface area contributed by atoms with Crippen LogP contribution in [0.3, 0.4) is 0 Å². The Morgan fingerprint density at radius 2 is 1.95 bits per heavy atom. The smallest absolute Gasteiger partial charge is 0.308 e. The Hall–Kier alpha value is -0.830. The molecule has 19 heavy (non-hydrogen) atoms. The minimum absolute atomic E-state index is 0.0444. The Labute approximate surface area is 116 Å². The summed E-state index contributed by atoms with van der Waals surface area (Å²) in [5, 5.41) is 0. The van der Waals surface area contributed by atoms with E-state index in [1.165, 1.54) is 24.0 Å². The third-order valence-electron chi connectivity index (χ3n) is 4.50. The first kappa shape index (κ1) is 14.6. The Balaban J connectivity index is 2.17. The molecule has 1 spiro atoms. The molecule has 3 heteroatoms. The number of esters is 1. The van der Waals surface area contributed by atoms with Crippen LogP contribution in [-0.2, 0) is 14.3 Å². The minimum Gasteiger partial charge on any atom is -0.466 e. The van der Waals surface area contributed by atoms with Crippen molar-refractivity contribution in [2.24, 2.45) is 0 Å². The second kappa shape index (κ2) is 6.08. The van der Waals surface area contributed by atoms with Crippen LogP contribution in [-0.4, -0.2) is 24.3 Å². The number of ether oxygens (including phenoxy) is 2. The molecule has 0 aromatic rings. The molecular weight excluding hydrogens is 240 g/mol. The zero-order chi connectivity index (χ0) is 13.9. The predicted molar refractivity (Wildman–Crippen MR) is 74.9 cm³/mol. The highest BCUT2D eigenvalue weighted by molar-refractivity contribution is 5.71. The van der Waals surface area contributed by atoms with Crippen molar-refractivity contribution >= 4 is 5.97 Å². The SMILES string of the molecule is CCOC(=O)CC1OC2(CCCC2)C(CC)=C1CC. The summed E-state index contributed by atoms with van der Waals surface area (Å²) in [5.41, 5.74) is 2.79. The van der Waals surface area contributed by atoms with Crippen LogP contribution in [0.2, 0.25) is 0 Å². The van der Waals surface area contributed by atoms with Gasteiger partial charge in [0, 0.05) is 0 Å². The molecule has 0 saturated heterocycles. The highest BCUT2D eigenvalue weighted by Crippen LogP contribution is 2.49. The summed E-state index contributed by atoms with van der Waals surface area (Å²) in [6.45, 7) is 6.67. The maximum absolute atomic E-state index is 11.7. The van der Waals surface area contributed by atoms with Gasteiger partial charge in [0.1, 0.15) is 0 Å². The molecule has 2 aliphatic rings. The molecule has 1 fully saturated rings. The topological polar surface area (TPSA) is 35.5 Å². The molecule has 2 rings (SSSR count). The van der Waals surface area contributed by atoms with Crippen molar-refractivity contribution in [2.75, 3.05) is 6.61 Å². The van der Waals surface area contributed by atoms with Gasteiger partial charge < -0.3 is 9.47 Å². The summed E-state index contributed by atoms with van der Waals surface area (Å²) in [6, 6.07) is 0. The van der Waals surface area contributed by atoms with E-state index >= 15 is 0 Å². The van der Waals surface area contributed by atoms with Gasteiger partial charge in [0.25, 0.3) is 0 Å². The van der Waals surface area contributed by atoms with Crippen LogP contribution in [0, 0.1) is 0 Å². The Morgan fingerprint density at radius 1 is 1.26 bits per heavy atom. The minimum atomic E-state index is -0.135. The lowest BCUT2D eigenvalue weighted by molar-refractivity contribution is -0.147. The van der Waals surface area contributed by atoms with Crippen LogP contribution < -0.4 is 0 Å². The van der Waals surface area contributed by atoms with E-state index in [1.807, 2.05) is 6.92 Å². The van der Waals surface area contributed by atoms with E-state index in [-0.39, 0.29) is 17.7 Å². The first-order valence-electron chi connectivity index (χ1n) is 7.72. The third-order valence-corrected chi connectivity index (χ3v) is 4.50. The van der Waals surface area contributed by atoms with Crippen LogP contribution in [0.25, 0.3) is 0 Å². The van der Waals surface area contributed by atoms with Crippen LogP contribution >= 0.6 is 0 Å². The van der Waals surface area contributed by atoms with E-state index < -0.39 is 0 Å². The largest absolute Gasteiger partial charge is 0.466 e. The molecule has 1 saturated carbocycles. The van der Waals surface area contributed by atoms with Gasteiger partial charge in [0.15, 0.2) is 0 Å². The number of carbonyl (C=O) groups excluding carboxylic acids is 1. The molecule has 1 aliphatic carbocycles. The summed E-state index contributed by atoms with van der Waals surface area (Å²) in [6.07, 6.45) is 7.09. The molecule has 0 radical (unpaired) electrons. The number of rotatable bonds is 5. The zero-order valence-corrected chi connectivity index (χ0v) is 12.5. The van der Waals surface area contributed by atoms with Gasteiger partial charge in [0.05, 0.1) is 24.7 Å². The maximum atomic E-state index is 11.7. The Bertz CT molecular complexity index is 364. The van der Waals surface area contributed by atoms with Gasteiger partial charge in [-0.15, -0.1) is 0 Å². The molecule has 0 amide bonds. The first-order chi connectivity index (χ1) is 9.16. The summed E-state index contributed by atoms with van der Waals surface area (Å²) in [4.78, 5) is 11.7. The normalized spacial score (nSPS) is 25.3. The van der Waals surface area contributed by atoms with Crippen molar-refractivity contribution in [3.8, 4) is 0 Å². The van der Waals surface area contributed by atoms with Crippen LogP contribution in [0.15, 0.2) is 11.1 Å². The maximum Gasteiger partial charge on any atom is 0.308 e. The van der Waals surface area contributed by atoms with E-state index in [4.69, 9.17) is 9.47 Å². The second-order valence-electron chi connectivity index (χ2n) is 5.53. The van der Waals surface area contributed by atoms with E-state index in [0.717, 1.165) is 25.7 Å². The fourth-order valence-electron chi connectivity index (χ4n) is 3.79. The van der Waals surface area contributed by atoms with Crippen molar-refractivity contribution in [1.29, 1.82) is 0 Å². The van der Waals surface area contributed by atoms with Crippen LogP contribution in [0.1, 0.15) is 65.7 Å². The molecule has 3 nitrogen and oxygen atoms in total. The quantitative estimate of drug-likeness (QED) is 0.561. The predicted octanol–water partition coefficient (Wildman–Crippen LogP) is 3.77. The number of hydrogen-bond donors (Lipinski definition) is 0. The molecule has 0 aromatic heterocycles. The molecule has 0 bridgehead atoms. The van der Waals surface area contributed by atoms with E-state index in [1.54, 1.807) is 0 Å². The number of carbonyl (C=O) groups is 1. The molecule has 108 valence electrons. The van der Waals surface area contributed by atoms with Crippen molar-refractivity contribution in [3.63, 3.8) is 0 Å². The summed E-state index contributed by atoms with van der Waals surface area (Å²) in [5.74, 6) is -0.135. The van der Waals surface area contributed by atoms with Crippen LogP contribution in [0.5, 0.6) is 0 Å². The fourth-order valence-corrected chi connectivity index (χ4v) is 3.79. The summed E-state index contributed by atoms with van der Waals surface area (Å²) >= 11 is 0. The van der Waals surface area contributed by atoms with Crippen molar-refractivity contribution < 1.29 is 14.3 Å². The molecule has 0 aromatic carbocycles. The van der Waals surface area contributed by atoms with Crippen molar-refractivity contribution in [1.82, 2.24) is 0 Å². The molecule has 1 unspecified atom stereocenters. The first-order valence-corrected chi connectivity index (χ1v) is 7.72. The van der Waals surface area contributed by atoms with Gasteiger partial charge >= 0.3 is 5.97 Å². The lowest BCUT2D eigenvalue weighted by Gasteiger charge is -2.27. The van der Waals surface area contributed by atoms with E-state index in [2.05, 4.69) is 13.8 Å². The lowest BCUT2D eigenvalue weighted by atomic mass is 9.87. The Morgan fingerprint density at radius 3 is 2.47 bits per heavy atom. The zero-order valence-electron chi connectivity index (χ0n) is 12.5. The standard InChI is InChI=1S/C16H26O3/c1-4-12-13(5-2)16(9-7-8-10-16)19-14(12)11-15(17)18-6-3/h14H,4-11H2,1-3H3. The van der Waals surface area contributed by atoms with Gasteiger partial charge in [-0.2, -0.15) is 0 Å². The monoisotopic (exact) mass is 266 g/mol. The highest BCUT2D eigenvalue weighted by Gasteiger charge is 2.47. The molecule has 1 heterocycles. The van der Waals surface area contributed by atoms with Crippen molar-refractivity contribution in [3.05, 3.63) is 11.1 Å². The second-order valence-corrected chi connectivity index (χ2v) is 5.53.